The molecule has 0 amide bonds. The number of hydrogen-bond donors (Lipinski definition) is 0. The summed E-state index contributed by atoms with van der Waals surface area (Å²) in [5, 5.41) is 0. The highest BCUT2D eigenvalue weighted by Crippen LogP contribution is 2.31. The minimum Gasteiger partial charge on any atom is -0.486 e. The van der Waals surface area contributed by atoms with Gasteiger partial charge in [0.15, 0.2) is 11.5 Å². The number of carbonyl (C=O) groups excluding carboxylic acids is 1. The van der Waals surface area contributed by atoms with E-state index in [1.54, 1.807) is 25.1 Å². The molecule has 3 rings (SSSR count). The Labute approximate surface area is 158 Å². The molecule has 2 aromatic carbocycles. The van der Waals surface area contributed by atoms with Crippen LogP contribution >= 0.6 is 0 Å². The van der Waals surface area contributed by atoms with Gasteiger partial charge in [0.25, 0.3) is 0 Å². The van der Waals surface area contributed by atoms with Crippen LogP contribution in [0.3, 0.4) is 0 Å². The van der Waals surface area contributed by atoms with Crippen LogP contribution in [0.5, 0.6) is 11.5 Å². The first kappa shape index (κ1) is 19.2. The van der Waals surface area contributed by atoms with Crippen molar-refractivity contribution in [3.05, 3.63) is 53.6 Å². The zero-order chi connectivity index (χ0) is 19.4. The van der Waals surface area contributed by atoms with E-state index in [-0.39, 0.29) is 23.6 Å². The third kappa shape index (κ3) is 4.23. The zero-order valence-electron chi connectivity index (χ0n) is 15.2. The molecule has 0 saturated carbocycles. The van der Waals surface area contributed by atoms with Crippen LogP contribution in [0.25, 0.3) is 0 Å². The molecule has 0 fully saturated rings. The van der Waals surface area contributed by atoms with Gasteiger partial charge in [-0.25, -0.2) is 13.2 Å². The van der Waals surface area contributed by atoms with Gasteiger partial charge in [-0.05, 0) is 42.8 Å². The summed E-state index contributed by atoms with van der Waals surface area (Å²) in [6.07, 6.45) is 0. The molecule has 1 aliphatic heterocycles. The molecular formula is C19H21NO6S. The van der Waals surface area contributed by atoms with Crippen LogP contribution in [0, 0.1) is 0 Å². The van der Waals surface area contributed by atoms with E-state index < -0.39 is 16.0 Å². The summed E-state index contributed by atoms with van der Waals surface area (Å²) in [6, 6.07) is 11.2. The highest BCUT2D eigenvalue weighted by Gasteiger charge is 2.23. The molecule has 1 aliphatic rings. The summed E-state index contributed by atoms with van der Waals surface area (Å²) < 4.78 is 42.9. The van der Waals surface area contributed by atoms with Crippen LogP contribution < -0.4 is 9.47 Å². The van der Waals surface area contributed by atoms with Crippen molar-refractivity contribution in [2.75, 3.05) is 26.9 Å². The number of carbonyl (C=O) groups is 1. The smallest absolute Gasteiger partial charge is 0.338 e. The van der Waals surface area contributed by atoms with E-state index in [1.165, 1.54) is 35.6 Å². The molecule has 2 aromatic rings. The average Bonchev–Trinajstić information content (AvgIpc) is 2.68. The molecule has 144 valence electrons. The summed E-state index contributed by atoms with van der Waals surface area (Å²) in [5.41, 5.74) is 0.970. The third-order valence-corrected chi connectivity index (χ3v) is 5.86. The molecule has 0 atom stereocenters. The maximum absolute atomic E-state index is 12.9. The number of hydrogen-bond acceptors (Lipinski definition) is 6. The number of sulfonamides is 1. The Kier molecular flexibility index (Phi) is 5.67. The van der Waals surface area contributed by atoms with Gasteiger partial charge in [0.1, 0.15) is 13.2 Å². The molecule has 7 nitrogen and oxygen atoms in total. The van der Waals surface area contributed by atoms with Crippen molar-refractivity contribution < 1.29 is 27.4 Å². The van der Waals surface area contributed by atoms with Gasteiger partial charge in [-0.15, -0.1) is 0 Å². The Balaban J connectivity index is 1.80. The van der Waals surface area contributed by atoms with Crippen LogP contribution in [-0.2, 0) is 21.3 Å². The molecule has 0 radical (unpaired) electrons. The van der Waals surface area contributed by atoms with Crippen molar-refractivity contribution in [3.63, 3.8) is 0 Å². The summed E-state index contributed by atoms with van der Waals surface area (Å²) in [4.78, 5) is 11.9. The lowest BCUT2D eigenvalue weighted by Gasteiger charge is -2.21. The first-order valence-electron chi connectivity index (χ1n) is 8.54. The maximum Gasteiger partial charge on any atom is 0.338 e. The van der Waals surface area contributed by atoms with Crippen molar-refractivity contribution in [1.29, 1.82) is 0 Å². The van der Waals surface area contributed by atoms with Crippen molar-refractivity contribution in [3.8, 4) is 11.5 Å². The van der Waals surface area contributed by atoms with Crippen LogP contribution in [0.4, 0.5) is 0 Å². The molecule has 0 unspecified atom stereocenters. The second-order valence-corrected chi connectivity index (χ2v) is 8.03. The molecule has 27 heavy (non-hydrogen) atoms. The van der Waals surface area contributed by atoms with Gasteiger partial charge >= 0.3 is 5.97 Å². The van der Waals surface area contributed by atoms with Crippen LogP contribution in [0.2, 0.25) is 0 Å². The maximum atomic E-state index is 12.9. The summed E-state index contributed by atoms with van der Waals surface area (Å²) in [7, 11) is -2.29. The first-order valence-corrected chi connectivity index (χ1v) is 9.98. The normalized spacial score (nSPS) is 13.4. The molecule has 0 aliphatic carbocycles. The highest BCUT2D eigenvalue weighted by atomic mass is 32.2. The standard InChI is InChI=1S/C19H21NO6S/c1-3-24-19(21)15-5-4-6-16(12-15)27(22,23)20(2)13-14-7-8-17-18(11-14)26-10-9-25-17/h4-8,11-12H,3,9-10,13H2,1-2H3. The van der Waals surface area contributed by atoms with E-state index in [0.29, 0.717) is 24.7 Å². The van der Waals surface area contributed by atoms with Gasteiger partial charge in [-0.1, -0.05) is 12.1 Å². The lowest BCUT2D eigenvalue weighted by Crippen LogP contribution is -2.27. The summed E-state index contributed by atoms with van der Waals surface area (Å²) >= 11 is 0. The predicted octanol–water partition coefficient (Wildman–Crippen LogP) is 2.46. The van der Waals surface area contributed by atoms with Gasteiger partial charge in [0.2, 0.25) is 10.0 Å². The highest BCUT2D eigenvalue weighted by molar-refractivity contribution is 7.89. The summed E-state index contributed by atoms with van der Waals surface area (Å²) in [5.74, 6) is 0.704. The van der Waals surface area contributed by atoms with E-state index in [4.69, 9.17) is 14.2 Å². The lowest BCUT2D eigenvalue weighted by molar-refractivity contribution is 0.0526. The number of fused-ring (bicyclic) bond motifs is 1. The molecule has 0 N–H and O–H groups in total. The zero-order valence-corrected chi connectivity index (χ0v) is 16.0. The predicted molar refractivity (Wildman–Crippen MR) is 98.5 cm³/mol. The quantitative estimate of drug-likeness (QED) is 0.704. The van der Waals surface area contributed by atoms with Crippen LogP contribution in [-0.4, -0.2) is 45.6 Å². The number of ether oxygens (including phenoxy) is 3. The van der Waals surface area contributed by atoms with E-state index in [2.05, 4.69) is 0 Å². The number of nitrogens with zero attached hydrogens (tertiary/aromatic N) is 1. The summed E-state index contributed by atoms with van der Waals surface area (Å²) in [6.45, 7) is 3.03. The van der Waals surface area contributed by atoms with E-state index in [9.17, 15) is 13.2 Å². The SMILES string of the molecule is CCOC(=O)c1cccc(S(=O)(=O)N(C)Cc2ccc3c(c2)OCCO3)c1. The van der Waals surface area contributed by atoms with Crippen molar-refractivity contribution in [1.82, 2.24) is 4.31 Å². The lowest BCUT2D eigenvalue weighted by atomic mass is 10.2. The molecule has 0 bridgehead atoms. The molecule has 0 aromatic heterocycles. The van der Waals surface area contributed by atoms with Gasteiger partial charge in [-0.3, -0.25) is 0 Å². The monoisotopic (exact) mass is 391 g/mol. The first-order chi connectivity index (χ1) is 12.9. The molecule has 0 spiro atoms. The second-order valence-electron chi connectivity index (χ2n) is 5.99. The second kappa shape index (κ2) is 7.98. The average molecular weight is 391 g/mol. The topological polar surface area (TPSA) is 82.1 Å². The van der Waals surface area contributed by atoms with Gasteiger partial charge in [-0.2, -0.15) is 4.31 Å². The number of esters is 1. The Bertz CT molecular complexity index is 941. The Morgan fingerprint density at radius 3 is 2.59 bits per heavy atom. The molecular weight excluding hydrogens is 370 g/mol. The Morgan fingerprint density at radius 1 is 1.11 bits per heavy atom. The van der Waals surface area contributed by atoms with Gasteiger partial charge in [0, 0.05) is 13.6 Å². The molecule has 1 heterocycles. The van der Waals surface area contributed by atoms with E-state index in [1.807, 2.05) is 0 Å². The third-order valence-electron chi connectivity index (χ3n) is 4.07. The fourth-order valence-corrected chi connectivity index (χ4v) is 3.91. The van der Waals surface area contributed by atoms with Gasteiger partial charge in [0.05, 0.1) is 17.1 Å². The Morgan fingerprint density at radius 2 is 1.85 bits per heavy atom. The van der Waals surface area contributed by atoms with Crippen LogP contribution in [0.1, 0.15) is 22.8 Å². The fraction of sp³-hybridized carbons (Fsp3) is 0.316. The van der Waals surface area contributed by atoms with Crippen molar-refractivity contribution >= 4 is 16.0 Å². The van der Waals surface area contributed by atoms with Crippen molar-refractivity contribution in [2.45, 2.75) is 18.4 Å². The Hall–Kier alpha value is -2.58. The minimum absolute atomic E-state index is 0.0353. The van der Waals surface area contributed by atoms with E-state index in [0.717, 1.165) is 5.56 Å². The van der Waals surface area contributed by atoms with Crippen molar-refractivity contribution in [2.24, 2.45) is 0 Å². The largest absolute Gasteiger partial charge is 0.486 e. The molecule has 0 saturated heterocycles. The van der Waals surface area contributed by atoms with Gasteiger partial charge < -0.3 is 14.2 Å². The van der Waals surface area contributed by atoms with Crippen LogP contribution in [0.15, 0.2) is 47.4 Å². The molecule has 8 heteroatoms. The number of benzene rings is 2. The van der Waals surface area contributed by atoms with E-state index >= 15 is 0 Å². The minimum atomic E-state index is -3.78. The number of rotatable bonds is 6. The fourth-order valence-electron chi connectivity index (χ4n) is 2.71.